The van der Waals surface area contributed by atoms with Crippen LogP contribution in [0.3, 0.4) is 0 Å². The molecule has 108 valence electrons. The molecule has 1 aromatic heterocycles. The lowest BCUT2D eigenvalue weighted by atomic mass is 10.2. The highest BCUT2D eigenvalue weighted by molar-refractivity contribution is 5.48. The van der Waals surface area contributed by atoms with Crippen LogP contribution < -0.4 is 5.32 Å². The number of benzene rings is 1. The van der Waals surface area contributed by atoms with E-state index < -0.39 is 17.6 Å². The summed E-state index contributed by atoms with van der Waals surface area (Å²) in [6, 6.07) is 7.83. The van der Waals surface area contributed by atoms with Gasteiger partial charge >= 0.3 is 6.18 Å². The fraction of sp³-hybridized carbons (Fsp3) is 0.143. The number of nitrogens with zero attached hydrogens (tertiary/aromatic N) is 2. The molecular weight excluding hydrogens is 286 g/mol. The van der Waals surface area contributed by atoms with Gasteiger partial charge in [-0.3, -0.25) is 4.98 Å². The van der Waals surface area contributed by atoms with Crippen molar-refractivity contribution in [2.75, 3.05) is 5.32 Å². The van der Waals surface area contributed by atoms with Crippen molar-refractivity contribution in [1.82, 2.24) is 4.98 Å². The van der Waals surface area contributed by atoms with Gasteiger partial charge in [0.1, 0.15) is 5.82 Å². The van der Waals surface area contributed by atoms with E-state index in [1.54, 1.807) is 6.07 Å². The molecule has 0 saturated heterocycles. The van der Waals surface area contributed by atoms with E-state index in [1.807, 2.05) is 0 Å². The summed E-state index contributed by atoms with van der Waals surface area (Å²) in [4.78, 5) is 3.67. The zero-order valence-corrected chi connectivity index (χ0v) is 10.6. The molecule has 0 unspecified atom stereocenters. The molecule has 0 radical (unpaired) electrons. The number of rotatable bonds is 3. The van der Waals surface area contributed by atoms with Gasteiger partial charge in [-0.15, -0.1) is 0 Å². The van der Waals surface area contributed by atoms with Gasteiger partial charge in [-0.25, -0.2) is 4.39 Å². The van der Waals surface area contributed by atoms with E-state index in [2.05, 4.69) is 10.3 Å². The van der Waals surface area contributed by atoms with Crippen LogP contribution in [0.1, 0.15) is 16.8 Å². The molecule has 1 heterocycles. The molecule has 0 aliphatic rings. The molecular formula is C14H9F4N3. The second-order valence-corrected chi connectivity index (χ2v) is 4.20. The average Bonchev–Trinajstić information content (AvgIpc) is 2.45. The van der Waals surface area contributed by atoms with Crippen molar-refractivity contribution in [3.63, 3.8) is 0 Å². The molecule has 0 bridgehead atoms. The summed E-state index contributed by atoms with van der Waals surface area (Å²) in [5.74, 6) is -0.610. The molecule has 0 fully saturated rings. The molecule has 1 aromatic carbocycles. The third kappa shape index (κ3) is 3.69. The Morgan fingerprint density at radius 1 is 1.19 bits per heavy atom. The first-order chi connectivity index (χ1) is 9.90. The van der Waals surface area contributed by atoms with Crippen LogP contribution in [-0.2, 0) is 12.7 Å². The predicted molar refractivity (Wildman–Crippen MR) is 67.7 cm³/mol. The van der Waals surface area contributed by atoms with Crippen LogP contribution in [0, 0.1) is 17.1 Å². The van der Waals surface area contributed by atoms with Gasteiger partial charge in [0.25, 0.3) is 0 Å². The first kappa shape index (κ1) is 14.8. The second-order valence-electron chi connectivity index (χ2n) is 4.20. The highest BCUT2D eigenvalue weighted by atomic mass is 19.4. The zero-order valence-electron chi connectivity index (χ0n) is 10.6. The summed E-state index contributed by atoms with van der Waals surface area (Å²) in [7, 11) is 0. The van der Waals surface area contributed by atoms with Crippen LogP contribution in [0.25, 0.3) is 0 Å². The minimum Gasteiger partial charge on any atom is -0.377 e. The SMILES string of the molecule is N#Cc1ccc(NCc2ccc(C(F)(F)F)cn2)c(F)c1. The maximum Gasteiger partial charge on any atom is 0.417 e. The van der Waals surface area contributed by atoms with E-state index >= 15 is 0 Å². The lowest BCUT2D eigenvalue weighted by Crippen LogP contribution is -2.08. The number of hydrogen-bond donors (Lipinski definition) is 1. The molecule has 0 saturated carbocycles. The Morgan fingerprint density at radius 2 is 1.95 bits per heavy atom. The minimum absolute atomic E-state index is 0.0704. The number of aromatic nitrogens is 1. The Labute approximate surface area is 117 Å². The average molecular weight is 295 g/mol. The fourth-order valence-corrected chi connectivity index (χ4v) is 1.61. The van der Waals surface area contributed by atoms with Gasteiger partial charge < -0.3 is 5.32 Å². The van der Waals surface area contributed by atoms with Crippen molar-refractivity contribution in [3.05, 3.63) is 59.2 Å². The summed E-state index contributed by atoms with van der Waals surface area (Å²) in [5.41, 5.74) is -0.163. The zero-order chi connectivity index (χ0) is 15.5. The van der Waals surface area contributed by atoms with E-state index in [-0.39, 0.29) is 17.8 Å². The van der Waals surface area contributed by atoms with Crippen molar-refractivity contribution in [2.45, 2.75) is 12.7 Å². The standard InChI is InChI=1S/C14H9F4N3/c15-12-5-9(6-19)1-4-13(12)21-8-11-3-2-10(7-20-11)14(16,17)18/h1-5,7,21H,8H2. The number of anilines is 1. The molecule has 7 heteroatoms. The Hall–Kier alpha value is -2.62. The van der Waals surface area contributed by atoms with Gasteiger partial charge in [0.2, 0.25) is 0 Å². The lowest BCUT2D eigenvalue weighted by molar-refractivity contribution is -0.137. The highest BCUT2D eigenvalue weighted by Crippen LogP contribution is 2.28. The predicted octanol–water partition coefficient (Wildman–Crippen LogP) is 3.72. The third-order valence-corrected chi connectivity index (χ3v) is 2.71. The Kier molecular flexibility index (Phi) is 4.08. The number of pyridine rings is 1. The van der Waals surface area contributed by atoms with Gasteiger partial charge in [0.15, 0.2) is 0 Å². The maximum absolute atomic E-state index is 13.6. The summed E-state index contributed by atoms with van der Waals surface area (Å²) >= 11 is 0. The van der Waals surface area contributed by atoms with E-state index in [4.69, 9.17) is 5.26 Å². The van der Waals surface area contributed by atoms with E-state index in [1.165, 1.54) is 18.2 Å². The second kappa shape index (κ2) is 5.79. The minimum atomic E-state index is -4.43. The topological polar surface area (TPSA) is 48.7 Å². The van der Waals surface area contributed by atoms with Crippen LogP contribution in [-0.4, -0.2) is 4.98 Å². The summed E-state index contributed by atoms with van der Waals surface area (Å²) in [5, 5.41) is 11.3. The number of nitrogens with one attached hydrogen (secondary N) is 1. The largest absolute Gasteiger partial charge is 0.417 e. The van der Waals surface area contributed by atoms with Crippen LogP contribution >= 0.6 is 0 Å². The summed E-state index contributed by atoms with van der Waals surface area (Å²) in [6.07, 6.45) is -3.70. The van der Waals surface area contributed by atoms with Gasteiger partial charge in [-0.2, -0.15) is 18.4 Å². The van der Waals surface area contributed by atoms with Crippen molar-refractivity contribution >= 4 is 5.69 Å². The van der Waals surface area contributed by atoms with Crippen molar-refractivity contribution in [3.8, 4) is 6.07 Å². The highest BCUT2D eigenvalue weighted by Gasteiger charge is 2.30. The molecule has 3 nitrogen and oxygen atoms in total. The van der Waals surface area contributed by atoms with Crippen LogP contribution in [0.15, 0.2) is 36.5 Å². The van der Waals surface area contributed by atoms with Gasteiger partial charge in [0, 0.05) is 6.20 Å². The van der Waals surface area contributed by atoms with Gasteiger partial charge in [-0.05, 0) is 30.3 Å². The van der Waals surface area contributed by atoms with Gasteiger partial charge in [-0.1, -0.05) is 0 Å². The Bertz CT molecular complexity index is 672. The lowest BCUT2D eigenvalue weighted by Gasteiger charge is -2.09. The number of alkyl halides is 3. The first-order valence-electron chi connectivity index (χ1n) is 5.86. The molecule has 0 atom stereocenters. The fourth-order valence-electron chi connectivity index (χ4n) is 1.61. The third-order valence-electron chi connectivity index (χ3n) is 2.71. The normalized spacial score (nSPS) is 11.0. The molecule has 1 N–H and O–H groups in total. The number of nitriles is 1. The number of halogens is 4. The van der Waals surface area contributed by atoms with E-state index in [0.29, 0.717) is 5.69 Å². The summed E-state index contributed by atoms with van der Waals surface area (Å²) in [6.45, 7) is 0.0704. The molecule has 0 amide bonds. The van der Waals surface area contributed by atoms with E-state index in [9.17, 15) is 17.6 Å². The smallest absolute Gasteiger partial charge is 0.377 e. The molecule has 0 spiro atoms. The monoisotopic (exact) mass is 295 g/mol. The van der Waals surface area contributed by atoms with Gasteiger partial charge in [0.05, 0.1) is 35.1 Å². The Balaban J connectivity index is 2.05. The van der Waals surface area contributed by atoms with Crippen LogP contribution in [0.2, 0.25) is 0 Å². The van der Waals surface area contributed by atoms with Crippen LogP contribution in [0.4, 0.5) is 23.2 Å². The number of hydrogen-bond acceptors (Lipinski definition) is 3. The molecule has 21 heavy (non-hydrogen) atoms. The quantitative estimate of drug-likeness (QED) is 0.878. The molecule has 0 aliphatic carbocycles. The van der Waals surface area contributed by atoms with Crippen LogP contribution in [0.5, 0.6) is 0 Å². The van der Waals surface area contributed by atoms with Crippen molar-refractivity contribution in [2.24, 2.45) is 0 Å². The molecule has 2 aromatic rings. The van der Waals surface area contributed by atoms with Crippen molar-refractivity contribution < 1.29 is 17.6 Å². The Morgan fingerprint density at radius 3 is 2.48 bits per heavy atom. The maximum atomic E-state index is 13.6. The molecule has 2 rings (SSSR count). The first-order valence-corrected chi connectivity index (χ1v) is 5.86. The molecule has 0 aliphatic heterocycles. The van der Waals surface area contributed by atoms with Crippen molar-refractivity contribution in [1.29, 1.82) is 5.26 Å². The van der Waals surface area contributed by atoms with E-state index in [0.717, 1.165) is 18.3 Å². The summed E-state index contributed by atoms with van der Waals surface area (Å²) < 4.78 is 50.7.